The topological polar surface area (TPSA) is 54.8 Å². The van der Waals surface area contributed by atoms with Crippen molar-refractivity contribution in [2.24, 2.45) is 0 Å². The number of anilines is 1. The maximum Gasteiger partial charge on any atom is 0.260 e. The molecule has 158 valence electrons. The molecule has 1 saturated heterocycles. The van der Waals surface area contributed by atoms with E-state index in [2.05, 4.69) is 4.90 Å². The van der Waals surface area contributed by atoms with Crippen molar-refractivity contribution in [3.05, 3.63) is 57.3 Å². The molecule has 1 aromatic carbocycles. The largest absolute Gasteiger partial charge is 0.497 e. The lowest BCUT2D eigenvalue weighted by Crippen LogP contribution is -2.49. The standard InChI is InChI=1S/C23H27N3O3S/c1-4-10-25-11-9-19-21(23(25)28)20(16(2)30-19)22(27)26-14-12-24(13-15-26)17-5-7-18(29-3)8-6-17/h5-9,11H,4,10,12-15H2,1-3H3. The summed E-state index contributed by atoms with van der Waals surface area (Å²) in [6, 6.07) is 9.96. The van der Waals surface area contributed by atoms with Gasteiger partial charge in [-0.3, -0.25) is 9.59 Å². The van der Waals surface area contributed by atoms with Crippen LogP contribution in [0.2, 0.25) is 0 Å². The van der Waals surface area contributed by atoms with E-state index in [1.807, 2.05) is 55.3 Å². The summed E-state index contributed by atoms with van der Waals surface area (Å²) in [6.07, 6.45) is 2.72. The fraction of sp³-hybridized carbons (Fsp3) is 0.391. The second-order valence-electron chi connectivity index (χ2n) is 7.56. The summed E-state index contributed by atoms with van der Waals surface area (Å²) < 4.78 is 7.84. The van der Waals surface area contributed by atoms with E-state index in [9.17, 15) is 9.59 Å². The van der Waals surface area contributed by atoms with Gasteiger partial charge in [0.2, 0.25) is 0 Å². The van der Waals surface area contributed by atoms with E-state index in [4.69, 9.17) is 4.74 Å². The van der Waals surface area contributed by atoms with Gasteiger partial charge in [-0.1, -0.05) is 6.92 Å². The van der Waals surface area contributed by atoms with Crippen molar-refractivity contribution in [2.75, 3.05) is 38.2 Å². The van der Waals surface area contributed by atoms with E-state index in [0.717, 1.165) is 40.5 Å². The Balaban J connectivity index is 1.55. The molecule has 0 bridgehead atoms. The lowest BCUT2D eigenvalue weighted by molar-refractivity contribution is 0.0748. The Hall–Kier alpha value is -2.80. The first-order chi connectivity index (χ1) is 14.5. The summed E-state index contributed by atoms with van der Waals surface area (Å²) in [5.41, 5.74) is 1.66. The highest BCUT2D eigenvalue weighted by Gasteiger charge is 2.27. The molecule has 0 aliphatic carbocycles. The fourth-order valence-electron chi connectivity index (χ4n) is 4.06. The van der Waals surface area contributed by atoms with Crippen LogP contribution >= 0.6 is 11.3 Å². The number of hydrogen-bond acceptors (Lipinski definition) is 5. The summed E-state index contributed by atoms with van der Waals surface area (Å²) in [5, 5.41) is 0.580. The van der Waals surface area contributed by atoms with Crippen LogP contribution in [0.25, 0.3) is 10.1 Å². The normalized spacial score (nSPS) is 14.4. The number of carbonyl (C=O) groups excluding carboxylic acids is 1. The number of fused-ring (bicyclic) bond motifs is 1. The first kappa shape index (κ1) is 20.5. The first-order valence-electron chi connectivity index (χ1n) is 10.3. The number of aromatic nitrogens is 1. The van der Waals surface area contributed by atoms with Gasteiger partial charge < -0.3 is 19.1 Å². The lowest BCUT2D eigenvalue weighted by Gasteiger charge is -2.36. The maximum atomic E-state index is 13.4. The zero-order valence-electron chi connectivity index (χ0n) is 17.7. The van der Waals surface area contributed by atoms with E-state index in [0.29, 0.717) is 30.6 Å². The minimum Gasteiger partial charge on any atom is -0.497 e. The van der Waals surface area contributed by atoms with Crippen LogP contribution in [0.3, 0.4) is 0 Å². The smallest absolute Gasteiger partial charge is 0.260 e. The highest BCUT2D eigenvalue weighted by atomic mass is 32.1. The summed E-state index contributed by atoms with van der Waals surface area (Å²) in [4.78, 5) is 31.5. The van der Waals surface area contributed by atoms with Gasteiger partial charge in [0.1, 0.15) is 5.75 Å². The molecule has 1 amide bonds. The molecule has 6 nitrogen and oxygen atoms in total. The lowest BCUT2D eigenvalue weighted by atomic mass is 10.1. The molecule has 3 heterocycles. The van der Waals surface area contributed by atoms with Crippen LogP contribution in [0.15, 0.2) is 41.3 Å². The van der Waals surface area contributed by atoms with Crippen molar-refractivity contribution in [3.8, 4) is 5.75 Å². The molecule has 1 aliphatic heterocycles. The Morgan fingerprint density at radius 2 is 1.80 bits per heavy atom. The van der Waals surface area contributed by atoms with Gasteiger partial charge in [-0.2, -0.15) is 0 Å². The minimum absolute atomic E-state index is 0.0283. The molecule has 4 rings (SSSR count). The number of thiophene rings is 1. The average molecular weight is 426 g/mol. The molecule has 1 aliphatic rings. The summed E-state index contributed by atoms with van der Waals surface area (Å²) >= 11 is 1.53. The van der Waals surface area contributed by atoms with Crippen LogP contribution < -0.4 is 15.2 Å². The van der Waals surface area contributed by atoms with Gasteiger partial charge in [0, 0.05) is 54.2 Å². The van der Waals surface area contributed by atoms with Gasteiger partial charge in [0.25, 0.3) is 11.5 Å². The van der Waals surface area contributed by atoms with Crippen molar-refractivity contribution >= 4 is 33.0 Å². The zero-order valence-corrected chi connectivity index (χ0v) is 18.5. The molecule has 30 heavy (non-hydrogen) atoms. The molecule has 0 saturated carbocycles. The fourth-order valence-corrected chi connectivity index (χ4v) is 5.10. The molecule has 2 aromatic heterocycles. The van der Waals surface area contributed by atoms with Gasteiger partial charge in [-0.15, -0.1) is 11.3 Å². The van der Waals surface area contributed by atoms with Gasteiger partial charge in [-0.25, -0.2) is 0 Å². The third kappa shape index (κ3) is 3.69. The van der Waals surface area contributed by atoms with Gasteiger partial charge >= 0.3 is 0 Å². The number of rotatable bonds is 5. The number of ether oxygens (including phenoxy) is 1. The molecule has 1 fully saturated rings. The third-order valence-corrected chi connectivity index (χ3v) is 6.75. The number of piperazine rings is 1. The maximum absolute atomic E-state index is 13.4. The van der Waals surface area contributed by atoms with Crippen molar-refractivity contribution in [1.82, 2.24) is 9.47 Å². The van der Waals surface area contributed by atoms with Crippen LogP contribution in [0, 0.1) is 6.92 Å². The number of methoxy groups -OCH3 is 1. The monoisotopic (exact) mass is 425 g/mol. The quantitative estimate of drug-likeness (QED) is 0.625. The minimum atomic E-state index is -0.0566. The molecule has 0 spiro atoms. The second-order valence-corrected chi connectivity index (χ2v) is 8.82. The van der Waals surface area contributed by atoms with Crippen LogP contribution in [-0.2, 0) is 6.54 Å². The van der Waals surface area contributed by atoms with E-state index >= 15 is 0 Å². The Morgan fingerprint density at radius 1 is 1.10 bits per heavy atom. The number of aryl methyl sites for hydroxylation is 2. The molecule has 3 aromatic rings. The van der Waals surface area contributed by atoms with E-state index in [1.54, 1.807) is 11.7 Å². The van der Waals surface area contributed by atoms with Crippen molar-refractivity contribution in [2.45, 2.75) is 26.8 Å². The Kier molecular flexibility index (Phi) is 5.81. The van der Waals surface area contributed by atoms with Crippen molar-refractivity contribution < 1.29 is 9.53 Å². The molecular formula is C23H27N3O3S. The summed E-state index contributed by atoms with van der Waals surface area (Å²) in [7, 11) is 1.66. The number of benzene rings is 1. The first-order valence-corrected chi connectivity index (χ1v) is 11.2. The third-order valence-electron chi connectivity index (χ3n) is 5.67. The molecule has 0 atom stereocenters. The predicted molar refractivity (Wildman–Crippen MR) is 122 cm³/mol. The Morgan fingerprint density at radius 3 is 2.43 bits per heavy atom. The predicted octanol–water partition coefficient (Wildman–Crippen LogP) is 3.75. The van der Waals surface area contributed by atoms with Crippen LogP contribution in [0.5, 0.6) is 5.75 Å². The molecule has 0 radical (unpaired) electrons. The molecule has 0 N–H and O–H groups in total. The average Bonchev–Trinajstić information content (AvgIpc) is 3.12. The summed E-state index contributed by atoms with van der Waals surface area (Å²) in [6.45, 7) is 7.45. The van der Waals surface area contributed by atoms with Gasteiger partial charge in [-0.05, 0) is 43.7 Å². The number of nitrogens with zero attached hydrogens (tertiary/aromatic N) is 3. The van der Waals surface area contributed by atoms with Gasteiger partial charge in [0.05, 0.1) is 18.1 Å². The Labute approximate surface area is 180 Å². The van der Waals surface area contributed by atoms with Crippen LogP contribution in [0.4, 0.5) is 5.69 Å². The number of hydrogen-bond donors (Lipinski definition) is 0. The van der Waals surface area contributed by atoms with E-state index < -0.39 is 0 Å². The molecule has 7 heteroatoms. The van der Waals surface area contributed by atoms with Gasteiger partial charge in [0.15, 0.2) is 0 Å². The second kappa shape index (κ2) is 8.52. The number of pyridine rings is 1. The number of carbonyl (C=O) groups is 1. The molecular weight excluding hydrogens is 398 g/mol. The van der Waals surface area contributed by atoms with E-state index in [-0.39, 0.29) is 11.5 Å². The van der Waals surface area contributed by atoms with E-state index in [1.165, 1.54) is 11.3 Å². The Bertz CT molecular complexity index is 1110. The highest BCUT2D eigenvalue weighted by Crippen LogP contribution is 2.30. The molecule has 0 unspecified atom stereocenters. The van der Waals surface area contributed by atoms with Crippen LogP contribution in [-0.4, -0.2) is 48.7 Å². The van der Waals surface area contributed by atoms with Crippen molar-refractivity contribution in [3.63, 3.8) is 0 Å². The SMILES string of the molecule is CCCn1ccc2sc(C)c(C(=O)N3CCN(c4ccc(OC)cc4)CC3)c2c1=O. The van der Waals surface area contributed by atoms with Crippen LogP contribution in [0.1, 0.15) is 28.6 Å². The zero-order chi connectivity index (χ0) is 21.3. The van der Waals surface area contributed by atoms with Crippen molar-refractivity contribution in [1.29, 1.82) is 0 Å². The number of amides is 1. The highest BCUT2D eigenvalue weighted by molar-refractivity contribution is 7.19. The summed E-state index contributed by atoms with van der Waals surface area (Å²) in [5.74, 6) is 0.806.